The van der Waals surface area contributed by atoms with Crippen LogP contribution in [0.15, 0.2) is 0 Å². The lowest BCUT2D eigenvalue weighted by molar-refractivity contribution is -0.144. The van der Waals surface area contributed by atoms with Crippen LogP contribution in [0.3, 0.4) is 0 Å². The molecule has 10 heteroatoms. The lowest BCUT2D eigenvalue weighted by atomic mass is 9.97. The van der Waals surface area contributed by atoms with Crippen LogP contribution in [-0.2, 0) is 19.2 Å². The Morgan fingerprint density at radius 3 is 2.11 bits per heavy atom. The largest absolute Gasteiger partial charge is 0.480 e. The fraction of sp³-hybridized carbons (Fsp3) is 0.778. The van der Waals surface area contributed by atoms with Gasteiger partial charge in [0.15, 0.2) is 0 Å². The Kier molecular flexibility index (Phi) is 12.5. The number of thioether (sulfide) groups is 1. The second-order valence-electron chi connectivity index (χ2n) is 7.11. The van der Waals surface area contributed by atoms with E-state index in [2.05, 4.69) is 16.0 Å². The van der Waals surface area contributed by atoms with E-state index in [1.807, 2.05) is 13.2 Å². The van der Waals surface area contributed by atoms with Gasteiger partial charge in [-0.15, -0.1) is 0 Å². The van der Waals surface area contributed by atoms with Gasteiger partial charge in [-0.1, -0.05) is 34.1 Å². The third-order valence-corrected chi connectivity index (χ3v) is 5.08. The first-order valence-electron chi connectivity index (χ1n) is 9.39. The Labute approximate surface area is 170 Å². The minimum Gasteiger partial charge on any atom is -0.480 e. The summed E-state index contributed by atoms with van der Waals surface area (Å²) in [6, 6.07) is -2.65. The molecule has 0 saturated heterocycles. The molecular formula is C18H34N4O5S. The first-order chi connectivity index (χ1) is 13.0. The van der Waals surface area contributed by atoms with Gasteiger partial charge in [0.2, 0.25) is 17.7 Å². The fourth-order valence-electron chi connectivity index (χ4n) is 2.36. The van der Waals surface area contributed by atoms with Crippen LogP contribution in [0.5, 0.6) is 0 Å². The van der Waals surface area contributed by atoms with Gasteiger partial charge in [0, 0.05) is 0 Å². The van der Waals surface area contributed by atoms with Crippen LogP contribution >= 0.6 is 11.8 Å². The van der Waals surface area contributed by atoms with Crippen molar-refractivity contribution in [2.75, 3.05) is 18.6 Å². The standard InChI is InChI=1S/C18H34N4O5S/c1-6-11(4)15(18(26)27)22-17(25)14(10(2)3)21-13(23)9-20-16(24)12(19)7-8-28-5/h10-12,14-15H,6-9,19H2,1-5H3,(H,20,24)(H,21,23)(H,22,25)(H,26,27). The lowest BCUT2D eigenvalue weighted by Crippen LogP contribution is -2.56. The maximum atomic E-state index is 12.5. The Bertz CT molecular complexity index is 544. The van der Waals surface area contributed by atoms with Gasteiger partial charge in [0.1, 0.15) is 12.1 Å². The lowest BCUT2D eigenvalue weighted by Gasteiger charge is -2.26. The summed E-state index contributed by atoms with van der Waals surface area (Å²) in [5, 5.41) is 16.8. The third-order valence-electron chi connectivity index (χ3n) is 4.44. The van der Waals surface area contributed by atoms with Gasteiger partial charge >= 0.3 is 5.97 Å². The fourth-order valence-corrected chi connectivity index (χ4v) is 2.85. The molecule has 0 aliphatic rings. The van der Waals surface area contributed by atoms with Crippen molar-refractivity contribution in [2.45, 2.75) is 58.7 Å². The maximum absolute atomic E-state index is 12.5. The molecule has 6 N–H and O–H groups in total. The predicted molar refractivity (Wildman–Crippen MR) is 110 cm³/mol. The highest BCUT2D eigenvalue weighted by Gasteiger charge is 2.31. The van der Waals surface area contributed by atoms with Gasteiger partial charge < -0.3 is 26.8 Å². The molecule has 0 radical (unpaired) electrons. The average molecular weight is 419 g/mol. The van der Waals surface area contributed by atoms with E-state index in [9.17, 15) is 24.3 Å². The summed E-state index contributed by atoms with van der Waals surface area (Å²) < 4.78 is 0. The van der Waals surface area contributed by atoms with Crippen LogP contribution in [0.4, 0.5) is 0 Å². The Hall–Kier alpha value is -1.81. The van der Waals surface area contributed by atoms with E-state index in [-0.39, 0.29) is 18.4 Å². The van der Waals surface area contributed by atoms with E-state index in [1.54, 1.807) is 32.5 Å². The van der Waals surface area contributed by atoms with E-state index in [4.69, 9.17) is 5.73 Å². The first kappa shape index (κ1) is 26.2. The minimum atomic E-state index is -1.12. The molecule has 4 unspecified atom stereocenters. The molecule has 0 aromatic heterocycles. The summed E-state index contributed by atoms with van der Waals surface area (Å²) in [6.45, 7) is 6.73. The van der Waals surface area contributed by atoms with Crippen molar-refractivity contribution < 1.29 is 24.3 Å². The topological polar surface area (TPSA) is 151 Å². The molecule has 3 amide bonds. The van der Waals surface area contributed by atoms with Crippen LogP contribution in [0.1, 0.15) is 40.5 Å². The van der Waals surface area contributed by atoms with Crippen LogP contribution in [0.25, 0.3) is 0 Å². The summed E-state index contributed by atoms with van der Waals surface area (Å²) in [5.74, 6) is -2.46. The van der Waals surface area contributed by atoms with Crippen LogP contribution in [0.2, 0.25) is 0 Å². The van der Waals surface area contributed by atoms with E-state index >= 15 is 0 Å². The normalized spacial score (nSPS) is 15.2. The summed E-state index contributed by atoms with van der Waals surface area (Å²) in [5.41, 5.74) is 5.74. The Balaban J connectivity index is 4.79. The highest BCUT2D eigenvalue weighted by molar-refractivity contribution is 7.98. The van der Waals surface area contributed by atoms with Crippen molar-refractivity contribution >= 4 is 35.5 Å². The summed E-state index contributed by atoms with van der Waals surface area (Å²) >= 11 is 1.57. The molecule has 0 fully saturated rings. The zero-order valence-electron chi connectivity index (χ0n) is 17.3. The molecule has 28 heavy (non-hydrogen) atoms. The van der Waals surface area contributed by atoms with Crippen LogP contribution in [0, 0.1) is 11.8 Å². The van der Waals surface area contributed by atoms with E-state index in [1.165, 1.54) is 0 Å². The van der Waals surface area contributed by atoms with Crippen molar-refractivity contribution in [1.29, 1.82) is 0 Å². The maximum Gasteiger partial charge on any atom is 0.326 e. The van der Waals surface area contributed by atoms with Crippen LogP contribution < -0.4 is 21.7 Å². The van der Waals surface area contributed by atoms with Crippen LogP contribution in [-0.4, -0.2) is 65.5 Å². The van der Waals surface area contributed by atoms with Gasteiger partial charge in [-0.2, -0.15) is 11.8 Å². The second kappa shape index (κ2) is 13.4. The SMILES string of the molecule is CCC(C)C(NC(=O)C(NC(=O)CNC(=O)C(N)CCSC)C(C)C)C(=O)O. The number of nitrogens with one attached hydrogen (secondary N) is 3. The molecular weight excluding hydrogens is 384 g/mol. The first-order valence-corrected chi connectivity index (χ1v) is 10.8. The van der Waals surface area contributed by atoms with E-state index in [0.717, 1.165) is 5.75 Å². The molecule has 0 spiro atoms. The number of carboxylic acids is 1. The molecule has 9 nitrogen and oxygen atoms in total. The monoisotopic (exact) mass is 418 g/mol. The Morgan fingerprint density at radius 1 is 1.04 bits per heavy atom. The number of amides is 3. The smallest absolute Gasteiger partial charge is 0.326 e. The highest BCUT2D eigenvalue weighted by Crippen LogP contribution is 2.10. The minimum absolute atomic E-state index is 0.257. The van der Waals surface area contributed by atoms with Gasteiger partial charge in [-0.05, 0) is 30.3 Å². The van der Waals surface area contributed by atoms with E-state index in [0.29, 0.717) is 12.8 Å². The number of carbonyl (C=O) groups is 4. The number of hydrogen-bond acceptors (Lipinski definition) is 6. The highest BCUT2D eigenvalue weighted by atomic mass is 32.2. The summed E-state index contributed by atoms with van der Waals surface area (Å²) in [6.07, 6.45) is 2.99. The zero-order valence-corrected chi connectivity index (χ0v) is 18.1. The number of carbonyl (C=O) groups excluding carboxylic acids is 3. The molecule has 0 bridgehead atoms. The van der Waals surface area contributed by atoms with Gasteiger partial charge in [0.05, 0.1) is 12.6 Å². The van der Waals surface area contributed by atoms with Gasteiger partial charge in [0.25, 0.3) is 0 Å². The van der Waals surface area contributed by atoms with Gasteiger partial charge in [-0.25, -0.2) is 4.79 Å². The van der Waals surface area contributed by atoms with Crippen molar-refractivity contribution in [3.8, 4) is 0 Å². The van der Waals surface area contributed by atoms with E-state index < -0.39 is 41.8 Å². The number of carboxylic acid groups (broad SMARTS) is 1. The number of aliphatic carboxylic acids is 1. The molecule has 0 rings (SSSR count). The van der Waals surface area contributed by atoms with Crippen molar-refractivity contribution in [1.82, 2.24) is 16.0 Å². The van der Waals surface area contributed by atoms with Crippen molar-refractivity contribution in [3.63, 3.8) is 0 Å². The zero-order chi connectivity index (χ0) is 21.9. The molecule has 0 saturated carbocycles. The van der Waals surface area contributed by atoms with Gasteiger partial charge in [-0.3, -0.25) is 14.4 Å². The third kappa shape index (κ3) is 9.41. The second-order valence-corrected chi connectivity index (χ2v) is 8.09. The molecule has 0 aliphatic heterocycles. The molecule has 0 aromatic carbocycles. The summed E-state index contributed by atoms with van der Waals surface area (Å²) in [4.78, 5) is 47.9. The molecule has 0 aliphatic carbocycles. The number of rotatable bonds is 13. The molecule has 0 heterocycles. The number of nitrogens with two attached hydrogens (primary N) is 1. The molecule has 162 valence electrons. The van der Waals surface area contributed by atoms with Crippen molar-refractivity contribution in [2.24, 2.45) is 17.6 Å². The Morgan fingerprint density at radius 2 is 1.64 bits per heavy atom. The quantitative estimate of drug-likeness (QED) is 0.281. The molecule has 4 atom stereocenters. The summed E-state index contributed by atoms with van der Waals surface area (Å²) in [7, 11) is 0. The molecule has 0 aromatic rings. The average Bonchev–Trinajstić information content (AvgIpc) is 2.64. The van der Waals surface area contributed by atoms with Crippen molar-refractivity contribution in [3.05, 3.63) is 0 Å². The predicted octanol–water partition coefficient (Wildman–Crippen LogP) is -0.0607. The number of hydrogen-bond donors (Lipinski definition) is 5.